The van der Waals surface area contributed by atoms with Gasteiger partial charge >= 0.3 is 5.97 Å². The fourth-order valence-electron chi connectivity index (χ4n) is 2.20. The van der Waals surface area contributed by atoms with Crippen molar-refractivity contribution in [2.24, 2.45) is 11.8 Å². The van der Waals surface area contributed by atoms with Crippen molar-refractivity contribution in [2.45, 2.75) is 26.1 Å². The molecule has 0 radical (unpaired) electrons. The van der Waals surface area contributed by atoms with Crippen LogP contribution in [0.1, 0.15) is 19.8 Å². The maximum atomic E-state index is 11.3. The maximum Gasteiger partial charge on any atom is 0.306 e. The Bertz CT molecular complexity index is 216. The van der Waals surface area contributed by atoms with Crippen LogP contribution in [0.3, 0.4) is 0 Å². The highest BCUT2D eigenvalue weighted by atomic mass is 16.7. The average molecular weight is 200 g/mol. The second-order valence-electron chi connectivity index (χ2n) is 3.79. The van der Waals surface area contributed by atoms with Gasteiger partial charge in [-0.2, -0.15) is 0 Å². The van der Waals surface area contributed by atoms with Gasteiger partial charge in [0, 0.05) is 11.8 Å². The van der Waals surface area contributed by atoms with E-state index in [0.29, 0.717) is 31.5 Å². The summed E-state index contributed by atoms with van der Waals surface area (Å²) in [5.74, 6) is 0.578. The van der Waals surface area contributed by atoms with Crippen molar-refractivity contribution in [1.29, 1.82) is 0 Å². The molecule has 0 spiro atoms. The molecule has 2 aliphatic rings. The first-order chi connectivity index (χ1) is 6.81. The number of ether oxygens (including phenoxy) is 3. The first-order valence-corrected chi connectivity index (χ1v) is 5.20. The molecule has 0 aliphatic carbocycles. The Balaban J connectivity index is 1.83. The van der Waals surface area contributed by atoms with E-state index >= 15 is 0 Å². The molecule has 80 valence electrons. The molecular weight excluding hydrogens is 184 g/mol. The molecule has 4 heteroatoms. The number of carbonyl (C=O) groups excluding carboxylic acids is 1. The standard InChI is InChI=1S/C10H16O4/c1-2-12-9(11)5-7-6-14-10-8(7)3-4-13-10/h7-8,10H,2-6H2,1H3/t7-,8-,10+/m0/s1. The number of carbonyl (C=O) groups is 1. The van der Waals surface area contributed by atoms with Gasteiger partial charge in [-0.05, 0) is 13.3 Å². The molecule has 2 heterocycles. The smallest absolute Gasteiger partial charge is 0.306 e. The van der Waals surface area contributed by atoms with Gasteiger partial charge in [0.05, 0.1) is 26.2 Å². The summed E-state index contributed by atoms with van der Waals surface area (Å²) in [6, 6.07) is 0. The van der Waals surface area contributed by atoms with E-state index in [-0.39, 0.29) is 12.3 Å². The zero-order valence-corrected chi connectivity index (χ0v) is 8.40. The van der Waals surface area contributed by atoms with Crippen LogP contribution in [0.15, 0.2) is 0 Å². The fourth-order valence-corrected chi connectivity index (χ4v) is 2.20. The van der Waals surface area contributed by atoms with E-state index in [0.717, 1.165) is 13.0 Å². The average Bonchev–Trinajstić information content (AvgIpc) is 2.70. The van der Waals surface area contributed by atoms with Gasteiger partial charge in [0.25, 0.3) is 0 Å². The molecule has 0 aromatic heterocycles. The van der Waals surface area contributed by atoms with Gasteiger partial charge in [0.1, 0.15) is 0 Å². The van der Waals surface area contributed by atoms with Gasteiger partial charge < -0.3 is 14.2 Å². The molecule has 4 nitrogen and oxygen atoms in total. The Hall–Kier alpha value is -0.610. The molecule has 0 N–H and O–H groups in total. The van der Waals surface area contributed by atoms with Crippen molar-refractivity contribution in [3.63, 3.8) is 0 Å². The normalized spacial score (nSPS) is 35.6. The maximum absolute atomic E-state index is 11.3. The van der Waals surface area contributed by atoms with E-state index in [2.05, 4.69) is 0 Å². The predicted octanol–water partition coefficient (Wildman–Crippen LogP) is 0.949. The van der Waals surface area contributed by atoms with Crippen LogP contribution in [0.25, 0.3) is 0 Å². The molecule has 0 amide bonds. The number of hydrogen-bond acceptors (Lipinski definition) is 4. The zero-order valence-electron chi connectivity index (χ0n) is 8.40. The molecule has 2 fully saturated rings. The van der Waals surface area contributed by atoms with Crippen LogP contribution in [0, 0.1) is 11.8 Å². The van der Waals surface area contributed by atoms with Crippen LogP contribution < -0.4 is 0 Å². The van der Waals surface area contributed by atoms with E-state index < -0.39 is 0 Å². The molecule has 14 heavy (non-hydrogen) atoms. The summed E-state index contributed by atoms with van der Waals surface area (Å²) in [5, 5.41) is 0. The van der Waals surface area contributed by atoms with E-state index in [9.17, 15) is 4.79 Å². The van der Waals surface area contributed by atoms with Crippen LogP contribution in [-0.4, -0.2) is 32.1 Å². The summed E-state index contributed by atoms with van der Waals surface area (Å²) < 4.78 is 15.7. The molecular formula is C10H16O4. The van der Waals surface area contributed by atoms with E-state index in [4.69, 9.17) is 14.2 Å². The minimum atomic E-state index is -0.117. The van der Waals surface area contributed by atoms with Gasteiger partial charge in [-0.3, -0.25) is 4.79 Å². The van der Waals surface area contributed by atoms with Crippen molar-refractivity contribution in [1.82, 2.24) is 0 Å². The van der Waals surface area contributed by atoms with Gasteiger partial charge in [0.2, 0.25) is 0 Å². The quantitative estimate of drug-likeness (QED) is 0.636. The molecule has 2 saturated heterocycles. The summed E-state index contributed by atoms with van der Waals surface area (Å²) in [7, 11) is 0. The Kier molecular flexibility index (Phi) is 3.03. The largest absolute Gasteiger partial charge is 0.466 e. The molecule has 2 rings (SSSR count). The Labute approximate surface area is 83.5 Å². The topological polar surface area (TPSA) is 44.8 Å². The first kappa shape index (κ1) is 9.93. The lowest BCUT2D eigenvalue weighted by atomic mass is 9.91. The lowest BCUT2D eigenvalue weighted by Crippen LogP contribution is -2.19. The van der Waals surface area contributed by atoms with Gasteiger partial charge in [-0.1, -0.05) is 0 Å². The predicted molar refractivity (Wildman–Crippen MR) is 48.5 cm³/mol. The number of fused-ring (bicyclic) bond motifs is 1. The van der Waals surface area contributed by atoms with Gasteiger partial charge in [-0.25, -0.2) is 0 Å². The van der Waals surface area contributed by atoms with Crippen molar-refractivity contribution in [3.8, 4) is 0 Å². The Morgan fingerprint density at radius 2 is 2.36 bits per heavy atom. The van der Waals surface area contributed by atoms with Crippen LogP contribution in [0.5, 0.6) is 0 Å². The van der Waals surface area contributed by atoms with Crippen LogP contribution >= 0.6 is 0 Å². The molecule has 3 atom stereocenters. The van der Waals surface area contributed by atoms with Gasteiger partial charge in [-0.15, -0.1) is 0 Å². The minimum Gasteiger partial charge on any atom is -0.466 e. The van der Waals surface area contributed by atoms with Crippen molar-refractivity contribution >= 4 is 5.97 Å². The molecule has 0 saturated carbocycles. The first-order valence-electron chi connectivity index (χ1n) is 5.20. The molecule has 0 bridgehead atoms. The third kappa shape index (κ3) is 1.91. The van der Waals surface area contributed by atoms with Crippen LogP contribution in [0.2, 0.25) is 0 Å². The highest BCUT2D eigenvalue weighted by Crippen LogP contribution is 2.37. The Morgan fingerprint density at radius 1 is 1.50 bits per heavy atom. The van der Waals surface area contributed by atoms with Gasteiger partial charge in [0.15, 0.2) is 6.29 Å². The number of esters is 1. The van der Waals surface area contributed by atoms with Crippen LogP contribution in [-0.2, 0) is 19.0 Å². The van der Waals surface area contributed by atoms with Crippen molar-refractivity contribution in [3.05, 3.63) is 0 Å². The number of hydrogen-bond donors (Lipinski definition) is 0. The monoisotopic (exact) mass is 200 g/mol. The second kappa shape index (κ2) is 4.28. The third-order valence-corrected chi connectivity index (χ3v) is 2.90. The third-order valence-electron chi connectivity index (χ3n) is 2.90. The van der Waals surface area contributed by atoms with E-state index in [1.54, 1.807) is 0 Å². The molecule has 0 aromatic rings. The van der Waals surface area contributed by atoms with Crippen LogP contribution in [0.4, 0.5) is 0 Å². The fraction of sp³-hybridized carbons (Fsp3) is 0.900. The number of rotatable bonds is 3. The summed E-state index contributed by atoms with van der Waals surface area (Å²) in [6.07, 6.45) is 1.42. The lowest BCUT2D eigenvalue weighted by Gasteiger charge is -2.13. The summed E-state index contributed by atoms with van der Waals surface area (Å²) in [6.45, 7) is 3.67. The SMILES string of the molecule is CCOC(=O)C[C@H]1CO[C@H]2OCC[C@@H]12. The van der Waals surface area contributed by atoms with Crippen molar-refractivity contribution < 1.29 is 19.0 Å². The zero-order chi connectivity index (χ0) is 9.97. The summed E-state index contributed by atoms with van der Waals surface area (Å²) >= 11 is 0. The Morgan fingerprint density at radius 3 is 3.14 bits per heavy atom. The summed E-state index contributed by atoms with van der Waals surface area (Å²) in [4.78, 5) is 11.3. The molecule has 0 unspecified atom stereocenters. The molecule has 2 aliphatic heterocycles. The second-order valence-corrected chi connectivity index (χ2v) is 3.79. The highest BCUT2D eigenvalue weighted by molar-refractivity contribution is 5.69. The summed E-state index contributed by atoms with van der Waals surface area (Å²) in [5.41, 5.74) is 0. The van der Waals surface area contributed by atoms with Crippen molar-refractivity contribution in [2.75, 3.05) is 19.8 Å². The lowest BCUT2D eigenvalue weighted by molar-refractivity contribution is -0.144. The minimum absolute atomic E-state index is 0.0607. The highest BCUT2D eigenvalue weighted by Gasteiger charge is 2.42. The van der Waals surface area contributed by atoms with E-state index in [1.807, 2.05) is 6.92 Å². The molecule has 0 aromatic carbocycles. The van der Waals surface area contributed by atoms with E-state index in [1.165, 1.54) is 0 Å².